The van der Waals surface area contributed by atoms with Gasteiger partial charge in [-0.1, -0.05) is 30.3 Å². The van der Waals surface area contributed by atoms with Crippen molar-refractivity contribution in [2.75, 3.05) is 40.0 Å². The van der Waals surface area contributed by atoms with Crippen LogP contribution in [0.3, 0.4) is 0 Å². The summed E-state index contributed by atoms with van der Waals surface area (Å²) in [6, 6.07) is 10.2. The Morgan fingerprint density at radius 1 is 1.38 bits per heavy atom. The lowest BCUT2D eigenvalue weighted by atomic mass is 10.2. The van der Waals surface area contributed by atoms with E-state index >= 15 is 0 Å². The fourth-order valence-corrected chi connectivity index (χ4v) is 3.18. The average Bonchev–Trinajstić information content (AvgIpc) is 3.40. The van der Waals surface area contributed by atoms with Crippen LogP contribution in [0, 0.1) is 0 Å². The highest BCUT2D eigenvalue weighted by atomic mass is 127. The summed E-state index contributed by atoms with van der Waals surface area (Å²) in [5, 5.41) is 3.33. The number of hydrogen-bond acceptors (Lipinski definition) is 4. The third-order valence-corrected chi connectivity index (χ3v) is 4.62. The van der Waals surface area contributed by atoms with Gasteiger partial charge in [-0.05, 0) is 25.3 Å². The molecule has 160 valence electrons. The number of aromatic amines is 1. The summed E-state index contributed by atoms with van der Waals surface area (Å²) in [5.41, 5.74) is 2.15. The molecule has 0 aliphatic carbocycles. The second kappa shape index (κ2) is 12.8. The third kappa shape index (κ3) is 7.60. The van der Waals surface area contributed by atoms with E-state index in [0.717, 1.165) is 49.0 Å². The molecule has 1 aliphatic rings. The van der Waals surface area contributed by atoms with E-state index in [1.807, 2.05) is 31.4 Å². The molecule has 8 heteroatoms. The largest absolute Gasteiger partial charge is 0.377 e. The van der Waals surface area contributed by atoms with Gasteiger partial charge in [-0.25, -0.2) is 4.98 Å². The number of guanidine groups is 1. The molecule has 1 aliphatic heterocycles. The molecule has 2 aromatic rings. The Morgan fingerprint density at radius 3 is 2.93 bits per heavy atom. The molecule has 3 rings (SSSR count). The SMILES string of the molecule is CCNC(=NCCOCC1CCCO1)N(C)Cc1ncc(-c2ccccc2)[nH]1.I. The van der Waals surface area contributed by atoms with Crippen LogP contribution in [0.5, 0.6) is 0 Å². The summed E-state index contributed by atoms with van der Waals surface area (Å²) in [7, 11) is 2.01. The van der Waals surface area contributed by atoms with E-state index in [4.69, 9.17) is 9.47 Å². The lowest BCUT2D eigenvalue weighted by Crippen LogP contribution is -2.39. The van der Waals surface area contributed by atoms with Crippen LogP contribution in [0.4, 0.5) is 0 Å². The molecule has 7 nitrogen and oxygen atoms in total. The van der Waals surface area contributed by atoms with Crippen LogP contribution in [0.25, 0.3) is 11.3 Å². The summed E-state index contributed by atoms with van der Waals surface area (Å²) in [6.45, 7) is 6.27. The van der Waals surface area contributed by atoms with Crippen molar-refractivity contribution in [3.8, 4) is 11.3 Å². The van der Waals surface area contributed by atoms with Gasteiger partial charge in [0.15, 0.2) is 5.96 Å². The molecule has 1 aromatic heterocycles. The Bertz CT molecular complexity index is 732. The Hall–Kier alpha value is -1.65. The zero-order valence-corrected chi connectivity index (χ0v) is 19.6. The number of nitrogens with one attached hydrogen (secondary N) is 2. The molecule has 0 amide bonds. The molecule has 0 saturated carbocycles. The van der Waals surface area contributed by atoms with E-state index in [2.05, 4.69) is 44.2 Å². The fraction of sp³-hybridized carbons (Fsp3) is 0.524. The first kappa shape index (κ1) is 23.6. The van der Waals surface area contributed by atoms with Crippen LogP contribution in [0.15, 0.2) is 41.5 Å². The van der Waals surface area contributed by atoms with Crippen molar-refractivity contribution in [1.82, 2.24) is 20.2 Å². The van der Waals surface area contributed by atoms with Crippen molar-refractivity contribution in [3.63, 3.8) is 0 Å². The van der Waals surface area contributed by atoms with Gasteiger partial charge >= 0.3 is 0 Å². The Kier molecular flexibility index (Phi) is 10.4. The molecule has 1 fully saturated rings. The molecule has 0 bridgehead atoms. The second-order valence-corrected chi connectivity index (χ2v) is 6.91. The topological polar surface area (TPSA) is 74.8 Å². The minimum Gasteiger partial charge on any atom is -0.377 e. The number of aromatic nitrogens is 2. The first-order valence-corrected chi connectivity index (χ1v) is 10.0. The molecule has 1 atom stereocenters. The van der Waals surface area contributed by atoms with Crippen LogP contribution in [-0.4, -0.2) is 66.9 Å². The van der Waals surface area contributed by atoms with Gasteiger partial charge in [0.1, 0.15) is 5.82 Å². The van der Waals surface area contributed by atoms with Gasteiger partial charge in [-0.2, -0.15) is 0 Å². The highest BCUT2D eigenvalue weighted by Gasteiger charge is 2.15. The maximum absolute atomic E-state index is 5.70. The molecule has 1 unspecified atom stereocenters. The molecular formula is C21H32IN5O2. The van der Waals surface area contributed by atoms with E-state index in [-0.39, 0.29) is 30.1 Å². The lowest BCUT2D eigenvalue weighted by Gasteiger charge is -2.21. The number of halogens is 1. The molecule has 29 heavy (non-hydrogen) atoms. The number of benzene rings is 1. The normalized spacial score (nSPS) is 16.5. The molecule has 1 saturated heterocycles. The monoisotopic (exact) mass is 513 g/mol. The number of nitrogens with zero attached hydrogens (tertiary/aromatic N) is 3. The standard InChI is InChI=1S/C21H31N5O2.HI/c1-3-22-21(23-11-13-27-16-18-10-7-12-28-18)26(2)15-20-24-14-19(25-20)17-8-5-4-6-9-17;/h4-6,8-9,14,18H,3,7,10-13,15-16H2,1-2H3,(H,22,23)(H,24,25);1H. The smallest absolute Gasteiger partial charge is 0.194 e. The van der Waals surface area contributed by atoms with Crippen molar-refractivity contribution >= 4 is 29.9 Å². The minimum atomic E-state index is 0. The first-order valence-electron chi connectivity index (χ1n) is 10.0. The van der Waals surface area contributed by atoms with E-state index in [0.29, 0.717) is 26.3 Å². The van der Waals surface area contributed by atoms with E-state index in [1.165, 1.54) is 0 Å². The summed E-state index contributed by atoms with van der Waals surface area (Å²) >= 11 is 0. The molecule has 1 aromatic carbocycles. The predicted octanol–water partition coefficient (Wildman–Crippen LogP) is 3.29. The van der Waals surface area contributed by atoms with Gasteiger partial charge in [-0.3, -0.25) is 4.99 Å². The van der Waals surface area contributed by atoms with Crippen LogP contribution < -0.4 is 5.32 Å². The molecule has 0 spiro atoms. The second-order valence-electron chi connectivity index (χ2n) is 6.91. The van der Waals surface area contributed by atoms with Gasteiger partial charge in [0.05, 0.1) is 44.3 Å². The third-order valence-electron chi connectivity index (χ3n) is 4.62. The maximum Gasteiger partial charge on any atom is 0.194 e. The molecule has 0 radical (unpaired) electrons. The average molecular weight is 513 g/mol. The Balaban J connectivity index is 0.00000300. The van der Waals surface area contributed by atoms with Crippen LogP contribution in [0.1, 0.15) is 25.6 Å². The summed E-state index contributed by atoms with van der Waals surface area (Å²) < 4.78 is 11.3. The van der Waals surface area contributed by atoms with Crippen LogP contribution in [0.2, 0.25) is 0 Å². The van der Waals surface area contributed by atoms with E-state index in [1.54, 1.807) is 0 Å². The lowest BCUT2D eigenvalue weighted by molar-refractivity contribution is 0.0199. The molecule has 2 N–H and O–H groups in total. The molecular weight excluding hydrogens is 481 g/mol. The van der Waals surface area contributed by atoms with Gasteiger partial charge in [0.25, 0.3) is 0 Å². The van der Waals surface area contributed by atoms with Crippen molar-refractivity contribution in [2.45, 2.75) is 32.4 Å². The number of ether oxygens (including phenoxy) is 2. The zero-order chi connectivity index (χ0) is 19.6. The van der Waals surface area contributed by atoms with Gasteiger partial charge in [-0.15, -0.1) is 24.0 Å². The zero-order valence-electron chi connectivity index (χ0n) is 17.3. The van der Waals surface area contributed by atoms with Crippen LogP contribution in [-0.2, 0) is 16.0 Å². The Morgan fingerprint density at radius 2 is 2.21 bits per heavy atom. The quantitative estimate of drug-likeness (QED) is 0.233. The molecule has 2 heterocycles. The van der Waals surface area contributed by atoms with E-state index in [9.17, 15) is 0 Å². The number of H-pyrrole nitrogens is 1. The first-order chi connectivity index (χ1) is 13.8. The number of imidazole rings is 1. The Labute approximate surface area is 190 Å². The minimum absolute atomic E-state index is 0. The number of rotatable bonds is 9. The van der Waals surface area contributed by atoms with Crippen molar-refractivity contribution in [1.29, 1.82) is 0 Å². The van der Waals surface area contributed by atoms with Crippen molar-refractivity contribution in [2.24, 2.45) is 4.99 Å². The summed E-state index contributed by atoms with van der Waals surface area (Å²) in [5.74, 6) is 1.75. The van der Waals surface area contributed by atoms with Crippen LogP contribution >= 0.6 is 24.0 Å². The van der Waals surface area contributed by atoms with Crippen molar-refractivity contribution < 1.29 is 9.47 Å². The highest BCUT2D eigenvalue weighted by molar-refractivity contribution is 14.0. The van der Waals surface area contributed by atoms with Gasteiger partial charge < -0.3 is 24.7 Å². The maximum atomic E-state index is 5.70. The van der Waals surface area contributed by atoms with E-state index < -0.39 is 0 Å². The number of hydrogen-bond donors (Lipinski definition) is 2. The van der Waals surface area contributed by atoms with Crippen molar-refractivity contribution in [3.05, 3.63) is 42.4 Å². The summed E-state index contributed by atoms with van der Waals surface area (Å²) in [4.78, 5) is 14.6. The van der Waals surface area contributed by atoms with Gasteiger partial charge in [0, 0.05) is 20.2 Å². The highest BCUT2D eigenvalue weighted by Crippen LogP contribution is 2.16. The van der Waals surface area contributed by atoms with Gasteiger partial charge in [0.2, 0.25) is 0 Å². The predicted molar refractivity (Wildman–Crippen MR) is 127 cm³/mol. The summed E-state index contributed by atoms with van der Waals surface area (Å²) in [6.07, 6.45) is 4.38. The number of aliphatic imine (C=N–C) groups is 1. The fourth-order valence-electron chi connectivity index (χ4n) is 3.18.